The molecule has 1 aliphatic heterocycles. The number of hydrogen-bond acceptors (Lipinski definition) is 10. The summed E-state index contributed by atoms with van der Waals surface area (Å²) in [7, 11) is -4.64. The number of carboxylic acid groups (broad SMARTS) is 1. The first-order valence-electron chi connectivity index (χ1n) is 11.7. The van der Waals surface area contributed by atoms with E-state index >= 15 is 0 Å². The number of azide groups is 1. The van der Waals surface area contributed by atoms with Crippen molar-refractivity contribution in [1.82, 2.24) is 14.6 Å². The van der Waals surface area contributed by atoms with Gasteiger partial charge in [0, 0.05) is 22.1 Å². The monoisotopic (exact) mass is 576 g/mol. The van der Waals surface area contributed by atoms with Gasteiger partial charge >= 0.3 is 19.4 Å². The van der Waals surface area contributed by atoms with Crippen LogP contribution >= 0.6 is 7.75 Å². The Morgan fingerprint density at radius 2 is 2.00 bits per heavy atom. The number of aromatic amines is 1. The molecule has 1 unspecified atom stereocenters. The Balaban J connectivity index is 1.69. The Morgan fingerprint density at radius 1 is 1.30 bits per heavy atom. The van der Waals surface area contributed by atoms with Gasteiger partial charge in [-0.15, -0.1) is 0 Å². The van der Waals surface area contributed by atoms with Crippen LogP contribution in [0.2, 0.25) is 0 Å². The standard InChI is InChI=1S/C23H25N6O10P/c1-12-10-29(22(35)25-19(12)32)20-17(30)18(31)23(38-20,27-28-24)11-37-40(36,26-13(2)21(33)34)39-16-9-5-7-14-6-3-4-8-15(14)16/h3-10,13,17-18,20,30-31H,11H2,1-2H3,(H,26,36)(H,33,34)(H,25,32,35)/t13-,17+,18-,20+,23+,40?/m0/s1. The lowest BCUT2D eigenvalue weighted by molar-refractivity contribution is -0.138. The Bertz CT molecular complexity index is 1650. The van der Waals surface area contributed by atoms with E-state index < -0.39 is 61.8 Å². The molecular weight excluding hydrogens is 551 g/mol. The van der Waals surface area contributed by atoms with Gasteiger partial charge in [-0.05, 0) is 30.8 Å². The largest absolute Gasteiger partial charge is 0.480 e. The highest BCUT2D eigenvalue weighted by Crippen LogP contribution is 2.49. The van der Waals surface area contributed by atoms with Crippen molar-refractivity contribution in [3.63, 3.8) is 0 Å². The van der Waals surface area contributed by atoms with Crippen molar-refractivity contribution in [3.8, 4) is 5.75 Å². The fourth-order valence-electron chi connectivity index (χ4n) is 4.04. The number of aliphatic carboxylic acids is 1. The van der Waals surface area contributed by atoms with Crippen LogP contribution in [-0.4, -0.2) is 61.4 Å². The summed E-state index contributed by atoms with van der Waals surface area (Å²) in [4.78, 5) is 40.3. The van der Waals surface area contributed by atoms with Gasteiger partial charge in [0.15, 0.2) is 6.23 Å². The summed E-state index contributed by atoms with van der Waals surface area (Å²) in [5, 5.41) is 37.8. The van der Waals surface area contributed by atoms with Crippen LogP contribution in [0.4, 0.5) is 0 Å². The van der Waals surface area contributed by atoms with Crippen molar-refractivity contribution in [1.29, 1.82) is 0 Å². The summed E-state index contributed by atoms with van der Waals surface area (Å²) < 4.78 is 31.4. The van der Waals surface area contributed by atoms with Crippen LogP contribution in [0.1, 0.15) is 18.7 Å². The smallest absolute Gasteiger partial charge is 0.459 e. The van der Waals surface area contributed by atoms with E-state index in [-0.39, 0.29) is 11.3 Å². The SMILES string of the molecule is Cc1cn([C@@H]2O[C@@](COP(=O)(N[C@@H](C)C(=O)O)Oc3cccc4ccccc34)(N=[N+]=[N-])[C@@H](O)[C@H]2O)c(=O)[nH]c1=O. The molecule has 1 aliphatic rings. The Hall–Kier alpha value is -4.01. The van der Waals surface area contributed by atoms with Gasteiger partial charge in [0.05, 0.1) is 6.61 Å². The molecule has 5 N–H and O–H groups in total. The zero-order valence-corrected chi connectivity index (χ0v) is 22.0. The molecule has 1 aromatic heterocycles. The number of aryl methyl sites for hydroxylation is 1. The number of nitrogens with zero attached hydrogens (tertiary/aromatic N) is 4. The molecule has 1 fully saturated rings. The molecule has 0 aliphatic carbocycles. The maximum Gasteiger partial charge on any atom is 0.459 e. The summed E-state index contributed by atoms with van der Waals surface area (Å²) in [5.41, 5.74) is 5.13. The molecular formula is C23H25N6O10P. The van der Waals surface area contributed by atoms with Gasteiger partial charge in [0.2, 0.25) is 5.72 Å². The molecule has 6 atom stereocenters. The van der Waals surface area contributed by atoms with E-state index in [9.17, 15) is 39.8 Å². The molecule has 0 spiro atoms. The third kappa shape index (κ3) is 5.64. The van der Waals surface area contributed by atoms with E-state index in [1.165, 1.54) is 19.9 Å². The minimum atomic E-state index is -4.64. The summed E-state index contributed by atoms with van der Waals surface area (Å²) >= 11 is 0. The summed E-state index contributed by atoms with van der Waals surface area (Å²) in [6.45, 7) is 1.54. The number of aromatic nitrogens is 2. The van der Waals surface area contributed by atoms with Crippen molar-refractivity contribution < 1.29 is 38.5 Å². The van der Waals surface area contributed by atoms with Crippen LogP contribution in [0, 0.1) is 6.92 Å². The Kier molecular flexibility index (Phi) is 8.14. The molecule has 40 heavy (non-hydrogen) atoms. The van der Waals surface area contributed by atoms with E-state index in [4.69, 9.17) is 13.8 Å². The van der Waals surface area contributed by atoms with Crippen molar-refractivity contribution >= 4 is 24.5 Å². The molecule has 2 heterocycles. The molecule has 2 aromatic carbocycles. The van der Waals surface area contributed by atoms with Crippen LogP contribution in [0.15, 0.2) is 63.4 Å². The summed E-state index contributed by atoms with van der Waals surface area (Å²) in [6, 6.07) is 10.3. The number of rotatable bonds is 10. The number of H-pyrrole nitrogens is 1. The molecule has 1 saturated heterocycles. The van der Waals surface area contributed by atoms with Crippen LogP contribution in [0.5, 0.6) is 5.75 Å². The van der Waals surface area contributed by atoms with Crippen LogP contribution in [-0.2, 0) is 18.6 Å². The maximum absolute atomic E-state index is 13.9. The number of carboxylic acids is 1. The fraction of sp³-hybridized carbons (Fsp3) is 0.348. The second-order valence-electron chi connectivity index (χ2n) is 8.99. The average Bonchev–Trinajstić information content (AvgIpc) is 3.15. The second kappa shape index (κ2) is 11.2. The minimum absolute atomic E-state index is 0.0606. The first-order chi connectivity index (χ1) is 18.9. The molecule has 16 nitrogen and oxygen atoms in total. The number of fused-ring (bicyclic) bond motifs is 1. The Morgan fingerprint density at radius 3 is 2.70 bits per heavy atom. The normalized spacial score (nSPS) is 24.6. The third-order valence-electron chi connectivity index (χ3n) is 6.17. The van der Waals surface area contributed by atoms with Crippen LogP contribution in [0.25, 0.3) is 21.2 Å². The first-order valence-corrected chi connectivity index (χ1v) is 13.3. The van der Waals surface area contributed by atoms with Crippen molar-refractivity contribution in [3.05, 3.63) is 85.5 Å². The molecule has 17 heteroatoms. The van der Waals surface area contributed by atoms with Crippen molar-refractivity contribution in [2.24, 2.45) is 5.11 Å². The molecule has 4 rings (SSSR count). The van der Waals surface area contributed by atoms with Gasteiger partial charge in [0.25, 0.3) is 5.56 Å². The lowest BCUT2D eigenvalue weighted by atomic mass is 10.1. The molecule has 0 saturated carbocycles. The van der Waals surface area contributed by atoms with Gasteiger partial charge < -0.3 is 24.6 Å². The predicted octanol–water partition coefficient (Wildman–Crippen LogP) is 1.52. The highest BCUT2D eigenvalue weighted by Gasteiger charge is 2.56. The zero-order chi connectivity index (χ0) is 29.2. The number of hydrogen-bond donors (Lipinski definition) is 5. The number of benzene rings is 2. The zero-order valence-electron chi connectivity index (χ0n) is 21.1. The van der Waals surface area contributed by atoms with E-state index in [0.29, 0.717) is 10.8 Å². The highest BCUT2D eigenvalue weighted by molar-refractivity contribution is 7.52. The summed E-state index contributed by atoms with van der Waals surface area (Å²) in [6.07, 6.45) is -4.52. The van der Waals surface area contributed by atoms with Gasteiger partial charge in [-0.3, -0.25) is 23.7 Å². The van der Waals surface area contributed by atoms with Crippen molar-refractivity contribution in [2.75, 3.05) is 6.61 Å². The quantitative estimate of drug-likeness (QED) is 0.100. The van der Waals surface area contributed by atoms with Gasteiger partial charge in [0.1, 0.15) is 24.0 Å². The molecule has 0 amide bonds. The van der Waals surface area contributed by atoms with Gasteiger partial charge in [-0.1, -0.05) is 41.5 Å². The van der Waals surface area contributed by atoms with E-state index in [0.717, 1.165) is 10.8 Å². The predicted molar refractivity (Wildman–Crippen MR) is 138 cm³/mol. The number of aliphatic hydroxyl groups excluding tert-OH is 2. The van der Waals surface area contributed by atoms with Crippen LogP contribution in [0.3, 0.4) is 0 Å². The van der Waals surface area contributed by atoms with E-state index in [1.54, 1.807) is 36.4 Å². The Labute approximate surface area is 225 Å². The lowest BCUT2D eigenvalue weighted by Crippen LogP contribution is -2.45. The van der Waals surface area contributed by atoms with Gasteiger partial charge in [-0.2, -0.15) is 5.09 Å². The molecule has 0 radical (unpaired) electrons. The fourth-order valence-corrected chi connectivity index (χ4v) is 5.58. The van der Waals surface area contributed by atoms with E-state index in [1.807, 2.05) is 4.98 Å². The topological polar surface area (TPSA) is 238 Å². The number of aliphatic hydroxyl groups is 2. The molecule has 3 aromatic rings. The maximum atomic E-state index is 13.9. The minimum Gasteiger partial charge on any atom is -0.480 e. The second-order valence-corrected chi connectivity index (χ2v) is 10.7. The third-order valence-corrected chi connectivity index (χ3v) is 7.78. The molecule has 0 bridgehead atoms. The van der Waals surface area contributed by atoms with Crippen LogP contribution < -0.4 is 20.9 Å². The lowest BCUT2D eigenvalue weighted by Gasteiger charge is -2.29. The van der Waals surface area contributed by atoms with Crippen molar-refractivity contribution in [2.45, 2.75) is 44.1 Å². The van der Waals surface area contributed by atoms with E-state index in [2.05, 4.69) is 15.1 Å². The van der Waals surface area contributed by atoms with Gasteiger partial charge in [-0.25, -0.2) is 9.36 Å². The average molecular weight is 576 g/mol. The first kappa shape index (κ1) is 29.0. The number of carbonyl (C=O) groups is 1. The summed E-state index contributed by atoms with van der Waals surface area (Å²) in [5.74, 6) is -1.33. The number of nitrogens with one attached hydrogen (secondary N) is 2. The highest BCUT2D eigenvalue weighted by atomic mass is 31.2. The molecule has 212 valence electrons. The number of ether oxygens (including phenoxy) is 1.